The van der Waals surface area contributed by atoms with E-state index in [1.54, 1.807) is 0 Å². The summed E-state index contributed by atoms with van der Waals surface area (Å²) in [5, 5.41) is 3.11. The quantitative estimate of drug-likeness (QED) is 0.655. The van der Waals surface area contributed by atoms with E-state index in [9.17, 15) is 9.59 Å². The normalized spacial score (nSPS) is 14.4. The second-order valence-electron chi connectivity index (χ2n) is 8.74. The van der Waals surface area contributed by atoms with Crippen molar-refractivity contribution >= 4 is 11.8 Å². The lowest BCUT2D eigenvalue weighted by atomic mass is 10.0. The van der Waals surface area contributed by atoms with Gasteiger partial charge in [0.05, 0.1) is 6.42 Å². The summed E-state index contributed by atoms with van der Waals surface area (Å²) in [6.45, 7) is 7.60. The highest BCUT2D eigenvalue weighted by atomic mass is 16.2. The van der Waals surface area contributed by atoms with E-state index in [-0.39, 0.29) is 17.9 Å². The first-order valence-electron chi connectivity index (χ1n) is 11.3. The molecule has 1 aliphatic rings. The van der Waals surface area contributed by atoms with Crippen molar-refractivity contribution in [2.45, 2.75) is 46.1 Å². The van der Waals surface area contributed by atoms with Crippen molar-refractivity contribution in [1.82, 2.24) is 14.8 Å². The van der Waals surface area contributed by atoms with Crippen molar-refractivity contribution in [3.05, 3.63) is 88.7 Å². The van der Waals surface area contributed by atoms with Gasteiger partial charge in [-0.15, -0.1) is 0 Å². The number of carbonyl (C=O) groups excluding carboxylic acids is 2. The number of aryl methyl sites for hydroxylation is 2. The van der Waals surface area contributed by atoms with Gasteiger partial charge in [-0.2, -0.15) is 0 Å². The van der Waals surface area contributed by atoms with E-state index in [2.05, 4.69) is 61.0 Å². The van der Waals surface area contributed by atoms with E-state index in [4.69, 9.17) is 0 Å². The van der Waals surface area contributed by atoms with Crippen molar-refractivity contribution in [3.63, 3.8) is 0 Å². The molecule has 32 heavy (non-hydrogen) atoms. The van der Waals surface area contributed by atoms with Crippen LogP contribution < -0.4 is 5.32 Å². The first-order chi connectivity index (χ1) is 15.4. The molecule has 0 saturated carbocycles. The summed E-state index contributed by atoms with van der Waals surface area (Å²) in [6.07, 6.45) is 1.98. The van der Waals surface area contributed by atoms with Crippen LogP contribution in [0, 0.1) is 20.8 Å². The average Bonchev–Trinajstić information content (AvgIpc) is 3.08. The largest absolute Gasteiger partial charge is 0.349 e. The Labute approximate surface area is 190 Å². The molecular weight excluding hydrogens is 398 g/mol. The zero-order valence-corrected chi connectivity index (χ0v) is 19.1. The molecule has 166 valence electrons. The maximum Gasteiger partial charge on any atom is 0.251 e. The van der Waals surface area contributed by atoms with Crippen LogP contribution in [0.5, 0.6) is 0 Å². The predicted molar refractivity (Wildman–Crippen MR) is 127 cm³/mol. The molecule has 5 heteroatoms. The Bertz CT molecular complexity index is 1090. The molecule has 0 bridgehead atoms. The van der Waals surface area contributed by atoms with Gasteiger partial charge in [0.2, 0.25) is 5.91 Å². The number of nitrogens with one attached hydrogen (secondary N) is 1. The molecule has 1 aliphatic heterocycles. The van der Waals surface area contributed by atoms with E-state index in [1.807, 2.05) is 35.2 Å². The number of piperidine rings is 1. The smallest absolute Gasteiger partial charge is 0.251 e. The molecule has 0 spiro atoms. The van der Waals surface area contributed by atoms with Crippen molar-refractivity contribution in [1.29, 1.82) is 0 Å². The molecule has 0 atom stereocenters. The maximum atomic E-state index is 13.0. The molecule has 5 nitrogen and oxygen atoms in total. The van der Waals surface area contributed by atoms with Crippen molar-refractivity contribution in [2.75, 3.05) is 13.1 Å². The molecule has 1 fully saturated rings. The lowest BCUT2D eigenvalue weighted by Crippen LogP contribution is -2.47. The van der Waals surface area contributed by atoms with E-state index >= 15 is 0 Å². The molecule has 0 radical (unpaired) electrons. The molecule has 2 aromatic carbocycles. The SMILES string of the molecule is Cc1ccc(-n2c(C)cc(CC(=O)N3CCC(NC(=O)c4ccccc4)CC3)c2C)cc1. The molecule has 4 rings (SSSR count). The van der Waals surface area contributed by atoms with Gasteiger partial charge >= 0.3 is 0 Å². The molecule has 2 amide bonds. The standard InChI is InChI=1S/C27H31N3O2/c1-19-9-11-25(12-10-19)30-20(2)17-23(21(30)3)18-26(31)29-15-13-24(14-16-29)28-27(32)22-7-5-4-6-8-22/h4-12,17,24H,13-16,18H2,1-3H3,(H,28,32). The molecule has 0 aliphatic carbocycles. The van der Waals surface area contributed by atoms with Crippen LogP contribution in [0.2, 0.25) is 0 Å². The van der Waals surface area contributed by atoms with Gasteiger partial charge in [0.25, 0.3) is 5.91 Å². The zero-order chi connectivity index (χ0) is 22.7. The van der Waals surface area contributed by atoms with Gasteiger partial charge in [0.1, 0.15) is 0 Å². The Balaban J connectivity index is 1.35. The Morgan fingerprint density at radius 1 is 0.938 bits per heavy atom. The summed E-state index contributed by atoms with van der Waals surface area (Å²) in [6, 6.07) is 20.0. The van der Waals surface area contributed by atoms with Crippen molar-refractivity contribution in [2.24, 2.45) is 0 Å². The number of hydrogen-bond donors (Lipinski definition) is 1. The van der Waals surface area contributed by atoms with Gasteiger partial charge in [-0.05, 0) is 69.5 Å². The molecule has 1 aromatic heterocycles. The minimum absolute atomic E-state index is 0.0427. The fourth-order valence-corrected chi connectivity index (χ4v) is 4.51. The van der Waals surface area contributed by atoms with Crippen LogP contribution in [-0.4, -0.2) is 40.4 Å². The summed E-state index contributed by atoms with van der Waals surface area (Å²) >= 11 is 0. The Morgan fingerprint density at radius 3 is 2.25 bits per heavy atom. The number of likely N-dealkylation sites (tertiary alicyclic amines) is 1. The van der Waals surface area contributed by atoms with Crippen molar-refractivity contribution < 1.29 is 9.59 Å². The van der Waals surface area contributed by atoms with E-state index in [0.29, 0.717) is 25.1 Å². The topological polar surface area (TPSA) is 54.3 Å². The van der Waals surface area contributed by atoms with Gasteiger partial charge in [-0.3, -0.25) is 9.59 Å². The molecule has 1 N–H and O–H groups in total. The zero-order valence-electron chi connectivity index (χ0n) is 19.1. The number of rotatable bonds is 5. The second kappa shape index (κ2) is 9.43. The summed E-state index contributed by atoms with van der Waals surface area (Å²) in [5.41, 5.74) is 6.36. The summed E-state index contributed by atoms with van der Waals surface area (Å²) in [4.78, 5) is 27.3. The number of aromatic nitrogens is 1. The third-order valence-corrected chi connectivity index (χ3v) is 6.39. The van der Waals surface area contributed by atoms with Gasteiger partial charge < -0.3 is 14.8 Å². The fraction of sp³-hybridized carbons (Fsp3) is 0.333. The third-order valence-electron chi connectivity index (χ3n) is 6.39. The average molecular weight is 430 g/mol. The van der Waals surface area contributed by atoms with Crippen LogP contribution in [-0.2, 0) is 11.2 Å². The Morgan fingerprint density at radius 2 is 1.59 bits per heavy atom. The van der Waals surface area contributed by atoms with Crippen LogP contribution in [0.4, 0.5) is 0 Å². The highest BCUT2D eigenvalue weighted by Gasteiger charge is 2.25. The number of carbonyl (C=O) groups is 2. The monoisotopic (exact) mass is 429 g/mol. The number of nitrogens with zero attached hydrogens (tertiary/aromatic N) is 2. The lowest BCUT2D eigenvalue weighted by Gasteiger charge is -2.32. The first-order valence-corrected chi connectivity index (χ1v) is 11.3. The van der Waals surface area contributed by atoms with Gasteiger partial charge in [-0.25, -0.2) is 0 Å². The van der Waals surface area contributed by atoms with Crippen molar-refractivity contribution in [3.8, 4) is 5.69 Å². The third kappa shape index (κ3) is 4.77. The van der Waals surface area contributed by atoms with Crippen LogP contribution >= 0.6 is 0 Å². The first kappa shape index (κ1) is 21.9. The summed E-state index contributed by atoms with van der Waals surface area (Å²) in [7, 11) is 0. The van der Waals surface area contributed by atoms with Crippen LogP contribution in [0.15, 0.2) is 60.7 Å². The van der Waals surface area contributed by atoms with E-state index < -0.39 is 0 Å². The second-order valence-corrected chi connectivity index (χ2v) is 8.74. The van der Waals surface area contributed by atoms with Gasteiger partial charge in [0.15, 0.2) is 0 Å². The van der Waals surface area contributed by atoms with Crippen LogP contribution in [0.25, 0.3) is 5.69 Å². The molecule has 0 unspecified atom stereocenters. The minimum Gasteiger partial charge on any atom is -0.349 e. The molecular formula is C27H31N3O2. The highest BCUT2D eigenvalue weighted by molar-refractivity contribution is 5.94. The van der Waals surface area contributed by atoms with E-state index in [1.165, 1.54) is 5.56 Å². The van der Waals surface area contributed by atoms with E-state index in [0.717, 1.165) is 35.5 Å². The summed E-state index contributed by atoms with van der Waals surface area (Å²) < 4.78 is 2.22. The van der Waals surface area contributed by atoms with Gasteiger partial charge in [0, 0.05) is 41.8 Å². The highest BCUT2D eigenvalue weighted by Crippen LogP contribution is 2.23. The Kier molecular flexibility index (Phi) is 6.45. The van der Waals surface area contributed by atoms with Crippen LogP contribution in [0.3, 0.4) is 0 Å². The number of benzene rings is 2. The number of hydrogen-bond acceptors (Lipinski definition) is 2. The lowest BCUT2D eigenvalue weighted by molar-refractivity contribution is -0.131. The molecule has 2 heterocycles. The number of amides is 2. The fourth-order valence-electron chi connectivity index (χ4n) is 4.51. The summed E-state index contributed by atoms with van der Waals surface area (Å²) in [5.74, 6) is 0.112. The van der Waals surface area contributed by atoms with Gasteiger partial charge in [-0.1, -0.05) is 35.9 Å². The molecule has 1 saturated heterocycles. The minimum atomic E-state index is -0.0427. The van der Waals surface area contributed by atoms with Crippen LogP contribution in [0.1, 0.15) is 45.7 Å². The maximum absolute atomic E-state index is 13.0. The Hall–Kier alpha value is -3.34. The predicted octanol–water partition coefficient (Wildman–Crippen LogP) is 4.37. The molecule has 3 aromatic rings.